The van der Waals surface area contributed by atoms with Crippen molar-refractivity contribution in [2.75, 3.05) is 0 Å². The molecule has 2 heterocycles. The van der Waals surface area contributed by atoms with Crippen LogP contribution < -0.4 is 5.69 Å². The zero-order chi connectivity index (χ0) is 22.2. The van der Waals surface area contributed by atoms with E-state index in [1.165, 1.54) is 34.9 Å². The first-order valence-electron chi connectivity index (χ1n) is 8.59. The van der Waals surface area contributed by atoms with Gasteiger partial charge >= 0.3 is 28.4 Å². The van der Waals surface area contributed by atoms with E-state index in [4.69, 9.17) is 11.6 Å². The number of Topliss-reactive ketones (excluding diaryl/α,β-unsaturated/α-hetero) is 1. The van der Waals surface area contributed by atoms with Crippen LogP contribution >= 0.6 is 11.6 Å². The Morgan fingerprint density at radius 2 is 1.90 bits per heavy atom. The molecule has 0 spiro atoms. The van der Waals surface area contributed by atoms with Crippen LogP contribution in [0.2, 0.25) is 5.02 Å². The van der Waals surface area contributed by atoms with E-state index in [1.807, 2.05) is 0 Å². The van der Waals surface area contributed by atoms with Crippen molar-refractivity contribution in [1.29, 1.82) is 0 Å². The van der Waals surface area contributed by atoms with Crippen molar-refractivity contribution < 1.29 is 23.1 Å². The molecule has 9 nitrogen and oxygen atoms in total. The van der Waals surface area contributed by atoms with Crippen LogP contribution in [0.3, 0.4) is 0 Å². The average molecular weight is 459 g/mol. The summed E-state index contributed by atoms with van der Waals surface area (Å²) in [5.74, 6) is -1.76. The number of halogens is 4. The van der Waals surface area contributed by atoms with Crippen LogP contribution in [0, 0.1) is 0 Å². The second-order valence-electron chi connectivity index (χ2n) is 6.46. The van der Waals surface area contributed by atoms with Gasteiger partial charge in [0.25, 0.3) is 5.78 Å². The molecule has 0 aliphatic carbocycles. The van der Waals surface area contributed by atoms with Gasteiger partial charge in [0.05, 0.1) is 6.54 Å². The van der Waals surface area contributed by atoms with Crippen LogP contribution in [0.4, 0.5) is 13.2 Å². The number of ketones is 1. The van der Waals surface area contributed by atoms with Crippen molar-refractivity contribution in [2.45, 2.75) is 32.3 Å². The fourth-order valence-electron chi connectivity index (χ4n) is 2.75. The minimum absolute atomic E-state index is 0.129. The molecule has 0 saturated carbocycles. The van der Waals surface area contributed by atoms with E-state index in [0.29, 0.717) is 37.5 Å². The van der Waals surface area contributed by atoms with Crippen molar-refractivity contribution in [3.05, 3.63) is 51.4 Å². The summed E-state index contributed by atoms with van der Waals surface area (Å²) in [7, 11) is 0. The SMILES string of the molecule is CC(O)c1nc(Cn2nc(-c3ccc(Cl)cc3)n(CC(=O)C(F)(F)F)c2=O)n[n]1[AlH2]. The average Bonchev–Trinajstić information content (AvgIpc) is 3.16. The number of hydrogen-bond donors (Lipinski definition) is 1. The summed E-state index contributed by atoms with van der Waals surface area (Å²) >= 11 is 6.26. The van der Waals surface area contributed by atoms with Crippen molar-refractivity contribution in [3.63, 3.8) is 0 Å². The van der Waals surface area contributed by atoms with Crippen molar-refractivity contribution >= 4 is 33.9 Å². The largest absolute Gasteiger partial charge is 0.451 e. The highest BCUT2D eigenvalue weighted by atomic mass is 35.5. The number of aromatic nitrogens is 6. The van der Waals surface area contributed by atoms with Gasteiger partial charge in [-0.15, -0.1) is 5.10 Å². The van der Waals surface area contributed by atoms with Gasteiger partial charge in [-0.2, -0.15) is 18.3 Å². The van der Waals surface area contributed by atoms with Crippen LogP contribution in [0.5, 0.6) is 0 Å². The minimum atomic E-state index is -5.10. The number of carbonyl (C=O) groups is 1. The number of benzene rings is 1. The van der Waals surface area contributed by atoms with Crippen LogP contribution in [0.15, 0.2) is 29.1 Å². The number of hydrogen-bond acceptors (Lipinski definition) is 6. The van der Waals surface area contributed by atoms with Crippen LogP contribution in [-0.2, 0) is 17.9 Å². The number of alkyl halides is 3. The topological polar surface area (TPSA) is 108 Å². The second kappa shape index (κ2) is 8.35. The maximum Gasteiger partial charge on any atom is 0.451 e. The Labute approximate surface area is 180 Å². The summed E-state index contributed by atoms with van der Waals surface area (Å²) in [5.41, 5.74) is -0.628. The van der Waals surface area contributed by atoms with Gasteiger partial charge in [-0.05, 0) is 31.2 Å². The fourth-order valence-corrected chi connectivity index (χ4v) is 3.58. The lowest BCUT2D eigenvalue weighted by molar-refractivity contribution is -0.171. The monoisotopic (exact) mass is 458 g/mol. The molecule has 0 saturated heterocycles. The highest BCUT2D eigenvalue weighted by Crippen LogP contribution is 2.21. The predicted octanol–water partition coefficient (Wildman–Crippen LogP) is 0.586. The molecule has 0 radical (unpaired) electrons. The molecule has 3 aromatic rings. The van der Waals surface area contributed by atoms with Gasteiger partial charge in [-0.1, -0.05) is 11.6 Å². The summed E-state index contributed by atoms with van der Waals surface area (Å²) in [6.07, 6.45) is -5.98. The van der Waals surface area contributed by atoms with Gasteiger partial charge in [0, 0.05) is 10.6 Å². The van der Waals surface area contributed by atoms with Gasteiger partial charge in [0.15, 0.2) is 11.6 Å². The molecule has 0 fully saturated rings. The van der Waals surface area contributed by atoms with E-state index < -0.39 is 30.3 Å². The molecule has 3 rings (SSSR count). The second-order valence-corrected chi connectivity index (χ2v) is 7.75. The normalized spacial score (nSPS) is 12.9. The molecule has 0 amide bonds. The fraction of sp³-hybridized carbons (Fsp3) is 0.312. The maximum atomic E-state index is 12.8. The lowest BCUT2D eigenvalue weighted by atomic mass is 10.2. The molecule has 158 valence electrons. The van der Waals surface area contributed by atoms with Gasteiger partial charge in [-0.3, -0.25) is 9.36 Å². The molecule has 0 bridgehead atoms. The summed E-state index contributed by atoms with van der Waals surface area (Å²) in [6.45, 7) is 0.0356. The van der Waals surface area contributed by atoms with Gasteiger partial charge < -0.3 is 8.77 Å². The molecule has 0 aliphatic heterocycles. The molecular formula is C16H15AlClF3N6O3. The molecule has 1 aromatic carbocycles. The third-order valence-electron chi connectivity index (χ3n) is 4.15. The van der Waals surface area contributed by atoms with E-state index in [2.05, 4.69) is 15.2 Å². The highest BCUT2D eigenvalue weighted by molar-refractivity contribution is 6.30. The summed E-state index contributed by atoms with van der Waals surface area (Å²) in [6, 6.07) is 5.91. The van der Waals surface area contributed by atoms with E-state index in [1.54, 1.807) is 0 Å². The van der Waals surface area contributed by atoms with Gasteiger partial charge in [-0.25, -0.2) is 14.5 Å². The first-order chi connectivity index (χ1) is 14.0. The van der Waals surface area contributed by atoms with E-state index >= 15 is 0 Å². The van der Waals surface area contributed by atoms with Crippen molar-refractivity contribution in [1.82, 2.24) is 28.1 Å². The third kappa shape index (κ3) is 4.65. The summed E-state index contributed by atoms with van der Waals surface area (Å²) in [5, 5.41) is 18.3. The first-order valence-corrected chi connectivity index (χ1v) is 9.86. The molecular weight excluding hydrogens is 444 g/mol. The Morgan fingerprint density at radius 3 is 2.43 bits per heavy atom. The number of carbonyl (C=O) groups excluding carboxylic acids is 1. The number of aliphatic hydroxyl groups excluding tert-OH is 1. The lowest BCUT2D eigenvalue weighted by Crippen LogP contribution is -2.33. The quantitative estimate of drug-likeness (QED) is 0.542. The molecule has 1 atom stereocenters. The third-order valence-corrected chi connectivity index (χ3v) is 5.06. The molecule has 1 unspecified atom stereocenters. The van der Waals surface area contributed by atoms with Crippen LogP contribution in [0.1, 0.15) is 24.7 Å². The first kappa shape index (κ1) is 22.2. The number of aliphatic hydroxyl groups is 1. The Bertz CT molecular complexity index is 1140. The zero-order valence-corrected chi connectivity index (χ0v) is 18.5. The zero-order valence-electron chi connectivity index (χ0n) is 15.8. The Hall–Kier alpha value is -2.46. The molecule has 0 aliphatic rings. The maximum absolute atomic E-state index is 12.8. The Balaban J connectivity index is 2.05. The smallest absolute Gasteiger partial charge is 0.386 e. The minimum Gasteiger partial charge on any atom is -0.386 e. The number of nitrogens with zero attached hydrogens (tertiary/aromatic N) is 6. The lowest BCUT2D eigenvalue weighted by Gasteiger charge is -2.07. The predicted molar refractivity (Wildman–Crippen MR) is 102 cm³/mol. The van der Waals surface area contributed by atoms with E-state index in [9.17, 15) is 27.9 Å². The summed E-state index contributed by atoms with van der Waals surface area (Å²) < 4.78 is 41.3. The summed E-state index contributed by atoms with van der Waals surface area (Å²) in [4.78, 5) is 28.4. The Morgan fingerprint density at radius 1 is 1.27 bits per heavy atom. The van der Waals surface area contributed by atoms with Crippen molar-refractivity contribution in [2.24, 2.45) is 0 Å². The van der Waals surface area contributed by atoms with Crippen LogP contribution in [-0.4, -0.2) is 61.7 Å². The van der Waals surface area contributed by atoms with Crippen LogP contribution in [0.25, 0.3) is 11.4 Å². The molecule has 14 heteroatoms. The molecule has 30 heavy (non-hydrogen) atoms. The molecule has 2 aromatic heterocycles. The highest BCUT2D eigenvalue weighted by Gasteiger charge is 2.39. The standard InChI is InChI=1S/C16H13ClF3N6O3.Al.2H/c1-8(27)13-21-12(22-23-13)7-26-15(29)25(6-11(28)16(18,19)20)14(24-26)9-2-4-10(17)5-3-9;;;/h2-5,8,27H,6-7H2,1H3;;;/q-1;+1;;. The van der Waals surface area contributed by atoms with E-state index in [0.717, 1.165) is 4.68 Å². The van der Waals surface area contributed by atoms with Gasteiger partial charge in [0.1, 0.15) is 18.5 Å². The van der Waals surface area contributed by atoms with Crippen molar-refractivity contribution in [3.8, 4) is 11.4 Å². The Kier molecular flexibility index (Phi) is 6.19. The molecule has 1 N–H and O–H groups in total. The van der Waals surface area contributed by atoms with E-state index in [-0.39, 0.29) is 18.2 Å². The van der Waals surface area contributed by atoms with Gasteiger partial charge in [0.2, 0.25) is 0 Å². The number of rotatable bonds is 6.